The summed E-state index contributed by atoms with van der Waals surface area (Å²) in [5.41, 5.74) is 2.35. The molecule has 0 fully saturated rings. The second-order valence-electron chi connectivity index (χ2n) is 7.14. The Morgan fingerprint density at radius 3 is 2.69 bits per heavy atom. The van der Waals surface area contributed by atoms with Crippen molar-refractivity contribution in [2.45, 2.75) is 13.0 Å². The topological polar surface area (TPSA) is 104 Å². The van der Waals surface area contributed by atoms with Crippen LogP contribution in [0.4, 0.5) is 15.9 Å². The van der Waals surface area contributed by atoms with E-state index in [0.717, 1.165) is 17.7 Å². The maximum Gasteiger partial charge on any atom is 0.255 e. The predicted molar refractivity (Wildman–Crippen MR) is 119 cm³/mol. The molecule has 7 nitrogen and oxygen atoms in total. The van der Waals surface area contributed by atoms with Crippen LogP contribution in [0.1, 0.15) is 34.5 Å². The van der Waals surface area contributed by atoms with E-state index in [9.17, 15) is 19.1 Å². The van der Waals surface area contributed by atoms with E-state index in [0.29, 0.717) is 28.0 Å². The van der Waals surface area contributed by atoms with Crippen LogP contribution in [0.15, 0.2) is 67.0 Å². The maximum atomic E-state index is 13.5. The Morgan fingerprint density at radius 2 is 1.91 bits per heavy atom. The van der Waals surface area contributed by atoms with E-state index in [1.165, 1.54) is 12.4 Å². The number of halogens is 1. The Bertz CT molecular complexity index is 1330. The third-order valence-electron chi connectivity index (χ3n) is 4.98. The molecule has 1 aromatic heterocycles. The van der Waals surface area contributed by atoms with Crippen LogP contribution < -0.4 is 10.6 Å². The van der Waals surface area contributed by atoms with Crippen LogP contribution in [0.5, 0.6) is 5.75 Å². The SMILES string of the molecule is CC(Nc1ncnc2c([C]=O)cccc12)c1cccc(NC(=O)c2ccc(O)c(F)c2)c1. The normalized spacial score (nSPS) is 11.7. The van der Waals surface area contributed by atoms with Crippen molar-refractivity contribution in [3.8, 4) is 5.75 Å². The number of phenolic OH excluding ortho intramolecular Hbond substituents is 1. The second kappa shape index (κ2) is 8.81. The molecule has 3 aromatic carbocycles. The number of amides is 1. The highest BCUT2D eigenvalue weighted by Gasteiger charge is 2.13. The molecule has 0 aliphatic carbocycles. The van der Waals surface area contributed by atoms with Crippen molar-refractivity contribution in [3.63, 3.8) is 0 Å². The first-order valence-electron chi connectivity index (χ1n) is 9.74. The number of carbonyl (C=O) groups is 1. The Labute approximate surface area is 183 Å². The van der Waals surface area contributed by atoms with E-state index < -0.39 is 17.5 Å². The Morgan fingerprint density at radius 1 is 1.09 bits per heavy atom. The van der Waals surface area contributed by atoms with E-state index in [1.54, 1.807) is 30.3 Å². The molecule has 32 heavy (non-hydrogen) atoms. The van der Waals surface area contributed by atoms with Crippen molar-refractivity contribution in [3.05, 3.63) is 89.5 Å². The number of para-hydroxylation sites is 1. The van der Waals surface area contributed by atoms with E-state index in [-0.39, 0.29) is 11.6 Å². The lowest BCUT2D eigenvalue weighted by Gasteiger charge is -2.17. The van der Waals surface area contributed by atoms with E-state index >= 15 is 0 Å². The molecule has 4 rings (SSSR count). The molecule has 0 aliphatic heterocycles. The number of hydrogen-bond donors (Lipinski definition) is 3. The lowest BCUT2D eigenvalue weighted by Crippen LogP contribution is -2.13. The Hall–Kier alpha value is -4.33. The molecule has 0 bridgehead atoms. The number of anilines is 2. The number of aromatic hydroxyl groups is 1. The third-order valence-corrected chi connectivity index (χ3v) is 4.98. The highest BCUT2D eigenvalue weighted by molar-refractivity contribution is 6.04. The number of fused-ring (bicyclic) bond motifs is 1. The van der Waals surface area contributed by atoms with Gasteiger partial charge in [0, 0.05) is 16.6 Å². The second-order valence-corrected chi connectivity index (χ2v) is 7.14. The number of nitrogens with one attached hydrogen (secondary N) is 2. The summed E-state index contributed by atoms with van der Waals surface area (Å²) in [6.45, 7) is 1.93. The van der Waals surface area contributed by atoms with Crippen LogP contribution >= 0.6 is 0 Å². The largest absolute Gasteiger partial charge is 0.505 e. The zero-order chi connectivity index (χ0) is 22.7. The van der Waals surface area contributed by atoms with E-state index in [2.05, 4.69) is 20.6 Å². The number of aromatic nitrogens is 2. The van der Waals surface area contributed by atoms with Gasteiger partial charge >= 0.3 is 0 Å². The van der Waals surface area contributed by atoms with Gasteiger partial charge in [0.1, 0.15) is 12.1 Å². The summed E-state index contributed by atoms with van der Waals surface area (Å²) < 4.78 is 13.5. The first-order valence-corrected chi connectivity index (χ1v) is 9.74. The molecule has 159 valence electrons. The molecule has 1 radical (unpaired) electrons. The summed E-state index contributed by atoms with van der Waals surface area (Å²) in [4.78, 5) is 32.1. The van der Waals surface area contributed by atoms with Gasteiger partial charge in [-0.25, -0.2) is 14.4 Å². The molecule has 1 amide bonds. The van der Waals surface area contributed by atoms with Crippen molar-refractivity contribution in [1.29, 1.82) is 0 Å². The third kappa shape index (κ3) is 4.24. The fraction of sp³-hybridized carbons (Fsp3) is 0.0833. The number of benzene rings is 3. The van der Waals surface area contributed by atoms with Crippen molar-refractivity contribution >= 4 is 34.6 Å². The van der Waals surface area contributed by atoms with Gasteiger partial charge in [0.15, 0.2) is 11.6 Å². The quantitative estimate of drug-likeness (QED) is 0.421. The summed E-state index contributed by atoms with van der Waals surface area (Å²) in [7, 11) is 0. The first kappa shape index (κ1) is 20.9. The van der Waals surface area contributed by atoms with Crippen LogP contribution in [0.2, 0.25) is 0 Å². The van der Waals surface area contributed by atoms with Gasteiger partial charge in [0.05, 0.1) is 17.1 Å². The van der Waals surface area contributed by atoms with Crippen LogP contribution in [-0.2, 0) is 4.79 Å². The van der Waals surface area contributed by atoms with Gasteiger partial charge < -0.3 is 15.7 Å². The minimum atomic E-state index is -0.864. The van der Waals surface area contributed by atoms with Gasteiger partial charge in [0.2, 0.25) is 6.29 Å². The minimum Gasteiger partial charge on any atom is -0.505 e. The van der Waals surface area contributed by atoms with Gasteiger partial charge in [-0.3, -0.25) is 9.59 Å². The molecule has 1 atom stereocenters. The number of carbonyl (C=O) groups excluding carboxylic acids is 2. The highest BCUT2D eigenvalue weighted by atomic mass is 19.1. The molecule has 0 spiro atoms. The molecule has 1 unspecified atom stereocenters. The molecular formula is C24H18FN4O3. The van der Waals surface area contributed by atoms with Gasteiger partial charge in [-0.2, -0.15) is 0 Å². The molecule has 8 heteroatoms. The average Bonchev–Trinajstić information content (AvgIpc) is 2.80. The molecular weight excluding hydrogens is 411 g/mol. The van der Waals surface area contributed by atoms with Crippen LogP contribution in [-0.4, -0.2) is 27.3 Å². The van der Waals surface area contributed by atoms with Crippen molar-refractivity contribution < 1.29 is 19.1 Å². The van der Waals surface area contributed by atoms with Gasteiger partial charge in [0.25, 0.3) is 5.91 Å². The molecule has 3 N–H and O–H groups in total. The van der Waals surface area contributed by atoms with Crippen LogP contribution in [0.25, 0.3) is 10.9 Å². The summed E-state index contributed by atoms with van der Waals surface area (Å²) in [6, 6.07) is 15.6. The molecule has 0 saturated heterocycles. The van der Waals surface area contributed by atoms with Crippen molar-refractivity contribution in [1.82, 2.24) is 9.97 Å². The highest BCUT2D eigenvalue weighted by Crippen LogP contribution is 2.26. The lowest BCUT2D eigenvalue weighted by molar-refractivity contribution is 0.102. The summed E-state index contributed by atoms with van der Waals surface area (Å²) >= 11 is 0. The van der Waals surface area contributed by atoms with E-state index in [1.807, 2.05) is 25.3 Å². The standard InChI is InChI=1S/C24H18FN4O3/c1-14(28-23-19-7-3-5-17(12-30)22(19)26-13-27-23)15-4-2-6-18(10-15)29-24(32)16-8-9-21(31)20(25)11-16/h2-11,13-14,31H,1H3,(H,29,32)(H,26,27,28). The number of nitrogens with zero attached hydrogens (tertiary/aromatic N) is 2. The number of rotatable bonds is 6. The van der Waals surface area contributed by atoms with Gasteiger partial charge in [-0.15, -0.1) is 0 Å². The summed E-state index contributed by atoms with van der Waals surface area (Å²) in [5.74, 6) is -1.31. The minimum absolute atomic E-state index is 0.0899. The Kier molecular flexibility index (Phi) is 5.76. The zero-order valence-electron chi connectivity index (χ0n) is 17.0. The van der Waals surface area contributed by atoms with Crippen LogP contribution in [0.3, 0.4) is 0 Å². The van der Waals surface area contributed by atoms with Crippen molar-refractivity contribution in [2.24, 2.45) is 0 Å². The predicted octanol–water partition coefficient (Wildman–Crippen LogP) is 4.36. The average molecular weight is 429 g/mol. The number of phenols is 1. The first-order chi connectivity index (χ1) is 15.5. The number of hydrogen-bond acceptors (Lipinski definition) is 6. The van der Waals surface area contributed by atoms with E-state index in [4.69, 9.17) is 0 Å². The molecule has 0 aliphatic rings. The Balaban J connectivity index is 1.54. The summed E-state index contributed by atoms with van der Waals surface area (Å²) in [6.07, 6.45) is 3.26. The zero-order valence-corrected chi connectivity index (χ0v) is 17.0. The summed E-state index contributed by atoms with van der Waals surface area (Å²) in [5, 5.41) is 16.0. The molecule has 1 heterocycles. The fourth-order valence-corrected chi connectivity index (χ4v) is 3.31. The van der Waals surface area contributed by atoms with Crippen molar-refractivity contribution in [2.75, 3.05) is 10.6 Å². The fourth-order valence-electron chi connectivity index (χ4n) is 3.31. The molecule has 0 saturated carbocycles. The lowest BCUT2D eigenvalue weighted by atomic mass is 10.1. The van der Waals surface area contributed by atoms with Gasteiger partial charge in [-0.05, 0) is 55.0 Å². The van der Waals surface area contributed by atoms with Gasteiger partial charge in [-0.1, -0.05) is 18.2 Å². The smallest absolute Gasteiger partial charge is 0.255 e. The molecule has 4 aromatic rings. The van der Waals surface area contributed by atoms with Crippen LogP contribution in [0, 0.1) is 5.82 Å². The maximum absolute atomic E-state index is 13.5. The monoisotopic (exact) mass is 429 g/mol.